The van der Waals surface area contributed by atoms with Crippen LogP contribution in [-0.4, -0.2) is 14.8 Å². The summed E-state index contributed by atoms with van der Waals surface area (Å²) >= 11 is 0. The quantitative estimate of drug-likeness (QED) is 0.679. The van der Waals surface area contributed by atoms with Crippen molar-refractivity contribution < 1.29 is 4.39 Å². The number of halogens is 1. The highest BCUT2D eigenvalue weighted by atomic mass is 19.1. The number of hydrogen-bond donors (Lipinski definition) is 0. The lowest BCUT2D eigenvalue weighted by Gasteiger charge is -1.95. The van der Waals surface area contributed by atoms with Gasteiger partial charge in [0.15, 0.2) is 5.82 Å². The third-order valence-electron chi connectivity index (χ3n) is 1.98. The molecule has 0 atom stereocenters. The molecule has 2 aromatic heterocycles. The zero-order valence-electron chi connectivity index (χ0n) is 8.81. The van der Waals surface area contributed by atoms with Crippen molar-refractivity contribution in [3.05, 3.63) is 47.8 Å². The standard InChI is InChI=1S/C12H10FN3/c1-10-8-11(13)12(14-9-10)4-2-6-16-7-3-5-15-16/h3,5,7-9H,6H2,1H3. The van der Waals surface area contributed by atoms with Gasteiger partial charge in [0, 0.05) is 18.6 Å². The molecule has 16 heavy (non-hydrogen) atoms. The van der Waals surface area contributed by atoms with Gasteiger partial charge < -0.3 is 0 Å². The zero-order valence-corrected chi connectivity index (χ0v) is 8.81. The van der Waals surface area contributed by atoms with Crippen molar-refractivity contribution in [2.75, 3.05) is 0 Å². The molecule has 0 aromatic carbocycles. The number of rotatable bonds is 1. The Morgan fingerprint density at radius 3 is 3.06 bits per heavy atom. The minimum Gasteiger partial charge on any atom is -0.261 e. The largest absolute Gasteiger partial charge is 0.261 e. The lowest BCUT2D eigenvalue weighted by Crippen LogP contribution is -1.96. The van der Waals surface area contributed by atoms with Crippen molar-refractivity contribution in [2.45, 2.75) is 13.5 Å². The highest BCUT2D eigenvalue weighted by Crippen LogP contribution is 2.04. The molecule has 2 rings (SSSR count). The highest BCUT2D eigenvalue weighted by Gasteiger charge is 1.99. The van der Waals surface area contributed by atoms with Crippen LogP contribution in [0.2, 0.25) is 0 Å². The lowest BCUT2D eigenvalue weighted by molar-refractivity contribution is 0.615. The summed E-state index contributed by atoms with van der Waals surface area (Å²) < 4.78 is 15.0. The third kappa shape index (κ3) is 2.45. The first-order valence-corrected chi connectivity index (χ1v) is 4.84. The van der Waals surface area contributed by atoms with E-state index in [0.717, 1.165) is 5.56 Å². The average molecular weight is 215 g/mol. The molecular weight excluding hydrogens is 205 g/mol. The SMILES string of the molecule is Cc1cnc(C#CCn2cccn2)c(F)c1. The van der Waals surface area contributed by atoms with E-state index in [1.54, 1.807) is 30.2 Å². The summed E-state index contributed by atoms with van der Waals surface area (Å²) in [5.74, 6) is 5.11. The molecule has 0 aliphatic rings. The minimum atomic E-state index is -0.382. The summed E-state index contributed by atoms with van der Waals surface area (Å²) in [5, 5.41) is 3.98. The van der Waals surface area contributed by atoms with E-state index in [2.05, 4.69) is 21.9 Å². The summed E-state index contributed by atoms with van der Waals surface area (Å²) in [6.07, 6.45) is 5.07. The number of nitrogens with zero attached hydrogens (tertiary/aromatic N) is 3. The van der Waals surface area contributed by atoms with Crippen LogP contribution in [-0.2, 0) is 6.54 Å². The molecule has 0 aliphatic heterocycles. The van der Waals surface area contributed by atoms with Crippen LogP contribution < -0.4 is 0 Å². The van der Waals surface area contributed by atoms with Crippen LogP contribution in [0.3, 0.4) is 0 Å². The fraction of sp³-hybridized carbons (Fsp3) is 0.167. The second kappa shape index (κ2) is 4.58. The molecule has 0 fully saturated rings. The molecule has 0 saturated carbocycles. The number of hydrogen-bond acceptors (Lipinski definition) is 2. The highest BCUT2D eigenvalue weighted by molar-refractivity contribution is 5.30. The molecule has 0 spiro atoms. The molecule has 80 valence electrons. The van der Waals surface area contributed by atoms with Crippen LogP contribution in [0.1, 0.15) is 11.3 Å². The molecule has 0 aliphatic carbocycles. The van der Waals surface area contributed by atoms with Crippen LogP contribution in [0, 0.1) is 24.6 Å². The van der Waals surface area contributed by atoms with E-state index in [0.29, 0.717) is 6.54 Å². The van der Waals surface area contributed by atoms with Crippen LogP contribution in [0.4, 0.5) is 4.39 Å². The maximum Gasteiger partial charge on any atom is 0.157 e. The van der Waals surface area contributed by atoms with Crippen LogP contribution in [0.25, 0.3) is 0 Å². The average Bonchev–Trinajstić information content (AvgIpc) is 2.74. The molecule has 0 bridgehead atoms. The Kier molecular flexibility index (Phi) is 2.97. The van der Waals surface area contributed by atoms with Gasteiger partial charge in [-0.05, 0) is 30.5 Å². The van der Waals surface area contributed by atoms with Gasteiger partial charge in [0.25, 0.3) is 0 Å². The molecule has 4 heteroatoms. The van der Waals surface area contributed by atoms with Crippen LogP contribution in [0.15, 0.2) is 30.7 Å². The third-order valence-corrected chi connectivity index (χ3v) is 1.98. The fourth-order valence-corrected chi connectivity index (χ4v) is 1.22. The Morgan fingerprint density at radius 2 is 2.38 bits per heavy atom. The van der Waals surface area contributed by atoms with Gasteiger partial charge in [-0.25, -0.2) is 9.37 Å². The molecule has 0 saturated heterocycles. The fourth-order valence-electron chi connectivity index (χ4n) is 1.22. The Morgan fingerprint density at radius 1 is 1.50 bits per heavy atom. The van der Waals surface area contributed by atoms with Crippen molar-refractivity contribution in [3.8, 4) is 11.8 Å². The van der Waals surface area contributed by atoms with E-state index in [4.69, 9.17) is 0 Å². The minimum absolute atomic E-state index is 0.178. The van der Waals surface area contributed by atoms with Gasteiger partial charge in [-0.15, -0.1) is 0 Å². The smallest absolute Gasteiger partial charge is 0.157 e. The predicted molar refractivity (Wildman–Crippen MR) is 58.0 cm³/mol. The topological polar surface area (TPSA) is 30.7 Å². The van der Waals surface area contributed by atoms with Crippen molar-refractivity contribution in [1.82, 2.24) is 14.8 Å². The van der Waals surface area contributed by atoms with E-state index in [9.17, 15) is 4.39 Å². The Bertz CT molecular complexity index is 535. The maximum atomic E-state index is 13.3. The van der Waals surface area contributed by atoms with E-state index in [1.165, 1.54) is 6.07 Å². The summed E-state index contributed by atoms with van der Waals surface area (Å²) in [6.45, 7) is 2.22. The summed E-state index contributed by atoms with van der Waals surface area (Å²) in [6, 6.07) is 3.23. The first-order chi connectivity index (χ1) is 7.75. The molecule has 2 heterocycles. The number of aryl methyl sites for hydroxylation is 1. The van der Waals surface area contributed by atoms with Crippen molar-refractivity contribution >= 4 is 0 Å². The monoisotopic (exact) mass is 215 g/mol. The zero-order chi connectivity index (χ0) is 11.4. The van der Waals surface area contributed by atoms with E-state index in [1.807, 2.05) is 6.07 Å². The van der Waals surface area contributed by atoms with Gasteiger partial charge in [-0.3, -0.25) is 4.68 Å². The maximum absolute atomic E-state index is 13.3. The van der Waals surface area contributed by atoms with Crippen LogP contribution in [0.5, 0.6) is 0 Å². The van der Waals surface area contributed by atoms with Gasteiger partial charge in [-0.1, -0.05) is 5.92 Å². The predicted octanol–water partition coefficient (Wildman–Crippen LogP) is 1.78. The van der Waals surface area contributed by atoms with Gasteiger partial charge in [0.1, 0.15) is 12.2 Å². The second-order valence-electron chi connectivity index (χ2n) is 3.35. The summed E-state index contributed by atoms with van der Waals surface area (Å²) in [5.41, 5.74) is 0.966. The Hall–Kier alpha value is -2.15. The van der Waals surface area contributed by atoms with Crippen molar-refractivity contribution in [1.29, 1.82) is 0 Å². The Labute approximate surface area is 92.9 Å². The van der Waals surface area contributed by atoms with Gasteiger partial charge in [-0.2, -0.15) is 5.10 Å². The lowest BCUT2D eigenvalue weighted by atomic mass is 10.2. The van der Waals surface area contributed by atoms with Gasteiger partial charge in [0.2, 0.25) is 0 Å². The molecule has 3 nitrogen and oxygen atoms in total. The second-order valence-corrected chi connectivity index (χ2v) is 3.35. The van der Waals surface area contributed by atoms with Gasteiger partial charge in [0.05, 0.1) is 0 Å². The first kappa shape index (κ1) is 10.4. The summed E-state index contributed by atoms with van der Waals surface area (Å²) in [7, 11) is 0. The van der Waals surface area contributed by atoms with Crippen LogP contribution >= 0.6 is 0 Å². The van der Waals surface area contributed by atoms with Crippen molar-refractivity contribution in [3.63, 3.8) is 0 Å². The van der Waals surface area contributed by atoms with E-state index in [-0.39, 0.29) is 11.5 Å². The molecule has 0 N–H and O–H groups in total. The molecule has 0 radical (unpaired) electrons. The van der Waals surface area contributed by atoms with Crippen molar-refractivity contribution in [2.24, 2.45) is 0 Å². The normalized spacial score (nSPS) is 9.62. The first-order valence-electron chi connectivity index (χ1n) is 4.84. The molecule has 0 unspecified atom stereocenters. The molecular formula is C12H10FN3. The summed E-state index contributed by atoms with van der Waals surface area (Å²) in [4.78, 5) is 3.92. The Balaban J connectivity index is 2.12. The number of pyridine rings is 1. The van der Waals surface area contributed by atoms with E-state index < -0.39 is 0 Å². The number of aromatic nitrogens is 3. The molecule has 0 amide bonds. The van der Waals surface area contributed by atoms with E-state index >= 15 is 0 Å². The van der Waals surface area contributed by atoms with Gasteiger partial charge >= 0.3 is 0 Å². The molecule has 2 aromatic rings.